The maximum absolute atomic E-state index is 12.7. The number of nitrogens with one attached hydrogen (secondary N) is 1. The van der Waals surface area contributed by atoms with Gasteiger partial charge in [-0.25, -0.2) is 29.2 Å². The van der Waals surface area contributed by atoms with E-state index in [9.17, 15) is 4.79 Å². The number of nitrogens with zero attached hydrogens (tertiary/aromatic N) is 8. The van der Waals surface area contributed by atoms with Crippen molar-refractivity contribution in [1.82, 2.24) is 34.4 Å². The van der Waals surface area contributed by atoms with Gasteiger partial charge >= 0.3 is 6.09 Å². The number of benzene rings is 1. The Morgan fingerprint density at radius 2 is 1.83 bits per heavy atom. The molecular formula is C30H31N9O3. The highest BCUT2D eigenvalue weighted by molar-refractivity contribution is 5.88. The van der Waals surface area contributed by atoms with E-state index in [1.807, 2.05) is 81.3 Å². The molecule has 42 heavy (non-hydrogen) atoms. The van der Waals surface area contributed by atoms with Crippen molar-refractivity contribution in [3.05, 3.63) is 66.9 Å². The number of hydrogen-bond donors (Lipinski definition) is 1. The Morgan fingerprint density at radius 3 is 2.62 bits per heavy atom. The number of piperidine rings is 1. The van der Waals surface area contributed by atoms with E-state index in [2.05, 4.69) is 30.3 Å². The predicted octanol–water partition coefficient (Wildman–Crippen LogP) is 5.11. The van der Waals surface area contributed by atoms with Gasteiger partial charge in [0.1, 0.15) is 41.1 Å². The van der Waals surface area contributed by atoms with Gasteiger partial charge in [-0.15, -0.1) is 0 Å². The van der Waals surface area contributed by atoms with Crippen LogP contribution in [0.1, 0.15) is 32.8 Å². The molecule has 4 aromatic heterocycles. The van der Waals surface area contributed by atoms with E-state index in [1.54, 1.807) is 4.52 Å². The van der Waals surface area contributed by atoms with Gasteiger partial charge in [0.25, 0.3) is 0 Å². The maximum atomic E-state index is 12.7. The van der Waals surface area contributed by atoms with Gasteiger partial charge in [0.15, 0.2) is 11.5 Å². The Labute approximate surface area is 242 Å². The van der Waals surface area contributed by atoms with E-state index < -0.39 is 5.60 Å². The molecule has 0 radical (unpaired) electrons. The third-order valence-corrected chi connectivity index (χ3v) is 7.51. The number of aromatic nitrogens is 6. The maximum Gasteiger partial charge on any atom is 0.410 e. The summed E-state index contributed by atoms with van der Waals surface area (Å²) in [7, 11) is 0. The molecule has 0 aliphatic carbocycles. The van der Waals surface area contributed by atoms with Crippen LogP contribution in [0.2, 0.25) is 0 Å². The quantitative estimate of drug-likeness (QED) is 0.308. The summed E-state index contributed by atoms with van der Waals surface area (Å²) in [5, 5.41) is 7.53. The van der Waals surface area contributed by atoms with Crippen molar-refractivity contribution < 1.29 is 14.3 Å². The summed E-state index contributed by atoms with van der Waals surface area (Å²) in [5.41, 5.74) is 3.44. The molecule has 3 aliphatic rings. The highest BCUT2D eigenvalue weighted by Gasteiger charge is 2.49. The monoisotopic (exact) mass is 565 g/mol. The van der Waals surface area contributed by atoms with Crippen molar-refractivity contribution >= 4 is 40.1 Å². The van der Waals surface area contributed by atoms with Crippen molar-refractivity contribution in [2.24, 2.45) is 0 Å². The van der Waals surface area contributed by atoms with E-state index in [1.165, 1.54) is 12.7 Å². The van der Waals surface area contributed by atoms with Gasteiger partial charge in [-0.1, -0.05) is 0 Å². The van der Waals surface area contributed by atoms with E-state index in [4.69, 9.17) is 14.5 Å². The highest BCUT2D eigenvalue weighted by Crippen LogP contribution is 2.36. The molecule has 2 unspecified atom stereocenters. The zero-order valence-electron chi connectivity index (χ0n) is 23.9. The number of ether oxygens (including phenoxy) is 2. The molecule has 0 saturated carbocycles. The van der Waals surface area contributed by atoms with Gasteiger partial charge in [-0.05, 0) is 76.1 Å². The first-order chi connectivity index (χ1) is 20.2. The fraction of sp³-hybridized carbons (Fsp3) is 0.333. The van der Waals surface area contributed by atoms with Crippen LogP contribution in [-0.4, -0.2) is 71.3 Å². The molecule has 12 heteroatoms. The number of carbonyl (C=O) groups is 1. The summed E-state index contributed by atoms with van der Waals surface area (Å²) in [6, 6.07) is 13.7. The van der Waals surface area contributed by atoms with Crippen molar-refractivity contribution in [3.8, 4) is 11.5 Å². The fourth-order valence-electron chi connectivity index (χ4n) is 5.57. The molecule has 12 nitrogen and oxygen atoms in total. The van der Waals surface area contributed by atoms with E-state index in [0.29, 0.717) is 35.8 Å². The Bertz CT molecular complexity index is 1800. The van der Waals surface area contributed by atoms with Crippen LogP contribution < -0.4 is 15.0 Å². The van der Waals surface area contributed by atoms with Crippen LogP contribution in [0.4, 0.5) is 22.1 Å². The first-order valence-electron chi connectivity index (χ1n) is 13.9. The number of anilines is 3. The molecule has 1 aromatic carbocycles. The van der Waals surface area contributed by atoms with Crippen molar-refractivity contribution in [2.75, 3.05) is 23.3 Å². The van der Waals surface area contributed by atoms with Crippen LogP contribution in [0, 0.1) is 6.92 Å². The molecule has 3 aliphatic heterocycles. The molecule has 3 fully saturated rings. The number of carbonyl (C=O) groups excluding carboxylic acids is 1. The smallest absolute Gasteiger partial charge is 0.410 e. The standard InChI is InChI=1S/C30H31N9O3/c1-18-11-19(5-7-24(18)41-22-9-10-38-26(13-22)32-17-34-38)35-28-27-23(31-16-33-28)6-8-25(36-27)37-14-20-12-21(15-37)39(20)29(40)42-30(2,3)4/h5-11,13,16-17,20-21H,12,14-15H2,1-4H3,(H,31,33,35). The lowest BCUT2D eigenvalue weighted by Crippen LogP contribution is -2.70. The Balaban J connectivity index is 1.08. The van der Waals surface area contributed by atoms with Crippen molar-refractivity contribution in [2.45, 2.75) is 51.8 Å². The highest BCUT2D eigenvalue weighted by atomic mass is 16.6. The minimum atomic E-state index is -0.511. The Hall–Kier alpha value is -5.00. The fourth-order valence-corrected chi connectivity index (χ4v) is 5.57. The van der Waals surface area contributed by atoms with Gasteiger partial charge in [-0.2, -0.15) is 5.10 Å². The van der Waals surface area contributed by atoms with Gasteiger partial charge in [0.05, 0.1) is 17.6 Å². The molecule has 2 atom stereocenters. The summed E-state index contributed by atoms with van der Waals surface area (Å²) in [5.74, 6) is 2.87. The molecule has 8 rings (SSSR count). The number of pyridine rings is 2. The summed E-state index contributed by atoms with van der Waals surface area (Å²) in [6.45, 7) is 9.08. The number of hydrogen-bond acceptors (Lipinski definition) is 10. The molecular weight excluding hydrogens is 534 g/mol. The number of piperazine rings is 1. The molecule has 214 valence electrons. The largest absolute Gasteiger partial charge is 0.457 e. The van der Waals surface area contributed by atoms with Crippen LogP contribution in [0.5, 0.6) is 11.5 Å². The van der Waals surface area contributed by atoms with E-state index in [0.717, 1.165) is 34.8 Å². The zero-order valence-corrected chi connectivity index (χ0v) is 23.9. The van der Waals surface area contributed by atoms with Crippen LogP contribution in [-0.2, 0) is 4.74 Å². The Morgan fingerprint density at radius 1 is 1.00 bits per heavy atom. The van der Waals surface area contributed by atoms with E-state index >= 15 is 0 Å². The Kier molecular flexibility index (Phi) is 6.07. The minimum absolute atomic E-state index is 0.114. The first-order valence-corrected chi connectivity index (χ1v) is 13.9. The molecule has 2 bridgehead atoms. The third-order valence-electron chi connectivity index (χ3n) is 7.51. The normalized spacial score (nSPS) is 18.2. The average Bonchev–Trinajstić information content (AvgIpc) is 3.41. The third kappa shape index (κ3) is 4.89. The second-order valence-corrected chi connectivity index (χ2v) is 11.7. The van der Waals surface area contributed by atoms with Crippen LogP contribution in [0.3, 0.4) is 0 Å². The molecule has 0 spiro atoms. The lowest BCUT2D eigenvalue weighted by molar-refractivity contribution is -0.0380. The number of amides is 1. The topological polar surface area (TPSA) is 123 Å². The number of aryl methyl sites for hydroxylation is 1. The first kappa shape index (κ1) is 25.9. The second kappa shape index (κ2) is 9.82. The summed E-state index contributed by atoms with van der Waals surface area (Å²) in [4.78, 5) is 34.9. The molecule has 1 amide bonds. The average molecular weight is 566 g/mol. The van der Waals surface area contributed by atoms with Gasteiger partial charge in [0.2, 0.25) is 0 Å². The molecule has 7 heterocycles. The minimum Gasteiger partial charge on any atom is -0.457 e. The van der Waals surface area contributed by atoms with E-state index in [-0.39, 0.29) is 18.2 Å². The van der Waals surface area contributed by atoms with Gasteiger partial charge in [0, 0.05) is 31.0 Å². The summed E-state index contributed by atoms with van der Waals surface area (Å²) >= 11 is 0. The SMILES string of the molecule is Cc1cc(Nc2ncnc3ccc(N4CC5CC(C4)N5C(=O)OC(C)(C)C)nc23)ccc1Oc1ccn2ncnc2c1. The van der Waals surface area contributed by atoms with Crippen molar-refractivity contribution in [3.63, 3.8) is 0 Å². The van der Waals surface area contributed by atoms with Gasteiger partial charge in [-0.3, -0.25) is 4.90 Å². The number of rotatable bonds is 5. The lowest BCUT2D eigenvalue weighted by atomic mass is 9.88. The van der Waals surface area contributed by atoms with Crippen LogP contribution in [0.25, 0.3) is 16.7 Å². The predicted molar refractivity (Wildman–Crippen MR) is 157 cm³/mol. The molecule has 3 saturated heterocycles. The summed E-state index contributed by atoms with van der Waals surface area (Å²) in [6.07, 6.45) is 5.60. The van der Waals surface area contributed by atoms with Gasteiger partial charge < -0.3 is 19.7 Å². The molecule has 1 N–H and O–H groups in total. The molecule has 5 aromatic rings. The van der Waals surface area contributed by atoms with Crippen LogP contribution >= 0.6 is 0 Å². The number of fused-ring (bicyclic) bond motifs is 4. The second-order valence-electron chi connectivity index (χ2n) is 11.7. The lowest BCUT2D eigenvalue weighted by Gasteiger charge is -2.56. The summed E-state index contributed by atoms with van der Waals surface area (Å²) < 4.78 is 13.4. The zero-order chi connectivity index (χ0) is 29.0. The van der Waals surface area contributed by atoms with Crippen molar-refractivity contribution in [1.29, 1.82) is 0 Å². The van der Waals surface area contributed by atoms with Crippen LogP contribution in [0.15, 0.2) is 61.3 Å².